The molecule has 11 bridgehead atoms. The Morgan fingerprint density at radius 2 is 1.24 bits per heavy atom. The van der Waals surface area contributed by atoms with E-state index in [0.717, 1.165) is 65.2 Å². The van der Waals surface area contributed by atoms with E-state index in [1.807, 2.05) is 62.4 Å². The van der Waals surface area contributed by atoms with Crippen LogP contribution in [0.2, 0.25) is 10.0 Å². The molecule has 7 amide bonds. The number of carbonyl (C=O) groups is 8. The van der Waals surface area contributed by atoms with E-state index in [-0.39, 0.29) is 59.2 Å². The van der Waals surface area contributed by atoms with Crippen molar-refractivity contribution in [3.05, 3.63) is 171 Å². The molecule has 8 aliphatic heterocycles. The number of primary amides is 1. The monoisotopic (exact) mass is 1790 g/mol. The Balaban J connectivity index is 1.01. The number of carboxylic acids is 1. The van der Waals surface area contributed by atoms with Crippen molar-refractivity contribution in [3.63, 3.8) is 0 Å². The third kappa shape index (κ3) is 20.0. The van der Waals surface area contributed by atoms with Crippen molar-refractivity contribution in [2.75, 3.05) is 20.8 Å². The number of amides is 7. The van der Waals surface area contributed by atoms with E-state index in [1.165, 1.54) is 51.2 Å². The summed E-state index contributed by atoms with van der Waals surface area (Å²) < 4.78 is 58.3. The number of aromatic hydroxyl groups is 3. The fraction of sp³-hybridized carbons (Fsp3) is 0.425. The molecular weight excluding hydrogens is 1690 g/mol. The minimum absolute atomic E-state index is 0.119. The molecule has 8 heterocycles. The average molecular weight is 1790 g/mol. The maximum Gasteiger partial charge on any atom is 0.330 e. The van der Waals surface area contributed by atoms with Crippen LogP contribution in [-0.4, -0.2) is 222 Å². The molecule has 0 aromatic heterocycles. The molecule has 15 rings (SSSR count). The zero-order chi connectivity index (χ0) is 91.0. The Labute approximate surface area is 731 Å². The first-order valence-electron chi connectivity index (χ1n) is 40.5. The second kappa shape index (κ2) is 38.2. The van der Waals surface area contributed by atoms with Gasteiger partial charge in [-0.2, -0.15) is 0 Å². The Morgan fingerprint density at radius 3 is 1.84 bits per heavy atom. The number of aliphatic carboxylic acids is 1. The first-order chi connectivity index (χ1) is 59.7. The molecular formula is C87H100Cl2N10O27. The number of nitrogens with one attached hydrogen (secondary N) is 8. The maximum absolute atomic E-state index is 16.6. The molecule has 22 N–H and O–H groups in total. The lowest BCUT2D eigenvalue weighted by atomic mass is 9.84. The number of hydrogen-bond donors (Lipinski definition) is 20. The fourth-order valence-corrected chi connectivity index (χ4v) is 16.8. The summed E-state index contributed by atoms with van der Waals surface area (Å²) in [7, 11) is 3.05. The third-order valence-electron chi connectivity index (χ3n) is 23.2. The van der Waals surface area contributed by atoms with Gasteiger partial charge in [-0.1, -0.05) is 91.6 Å². The van der Waals surface area contributed by atoms with Gasteiger partial charge in [0.05, 0.1) is 60.6 Å². The van der Waals surface area contributed by atoms with Gasteiger partial charge in [-0.3, -0.25) is 33.6 Å². The Hall–Kier alpha value is -11.1. The number of ether oxygens (including phenoxy) is 9. The number of halogens is 2. The second-order valence-electron chi connectivity index (χ2n) is 32.9. The number of phenolic OH excluding ortho intramolecular Hbond substituents is 3. The van der Waals surface area contributed by atoms with Gasteiger partial charge in [0.1, 0.15) is 95.2 Å². The van der Waals surface area contributed by atoms with Gasteiger partial charge in [-0.05, 0) is 153 Å². The zero-order valence-electron chi connectivity index (χ0n) is 69.3. The fourth-order valence-electron chi connectivity index (χ4n) is 16.3. The van der Waals surface area contributed by atoms with Gasteiger partial charge in [0, 0.05) is 53.2 Å². The normalized spacial score (nSPS) is 29.6. The number of methoxy groups -OCH3 is 1. The Kier molecular flexibility index (Phi) is 28.1. The summed E-state index contributed by atoms with van der Waals surface area (Å²) in [5.74, 6) is -15.4. The highest BCUT2D eigenvalue weighted by atomic mass is 35.5. The van der Waals surface area contributed by atoms with Gasteiger partial charge in [-0.15, -0.1) is 0 Å². The molecule has 3 saturated heterocycles. The van der Waals surface area contributed by atoms with Crippen LogP contribution < -0.4 is 72.9 Å². The molecule has 674 valence electrons. The molecule has 0 unspecified atom stereocenters. The molecule has 7 aromatic carbocycles. The van der Waals surface area contributed by atoms with Gasteiger partial charge in [0.25, 0.3) is 0 Å². The predicted octanol–water partition coefficient (Wildman–Crippen LogP) is 3.85. The van der Waals surface area contributed by atoms with E-state index >= 15 is 24.0 Å². The smallest absolute Gasteiger partial charge is 0.330 e. The number of likely N-dealkylation sites (N-methyl/N-ethyl adjacent to an activating group) is 1. The van der Waals surface area contributed by atoms with Crippen LogP contribution in [-0.2, 0) is 68.6 Å². The second-order valence-corrected chi connectivity index (χ2v) is 33.8. The number of aliphatic hydroxyl groups excluding tert-OH is 6. The van der Waals surface area contributed by atoms with Crippen LogP contribution in [0.15, 0.2) is 127 Å². The van der Waals surface area contributed by atoms with Gasteiger partial charge in [0.2, 0.25) is 53.4 Å². The molecule has 37 nitrogen and oxygen atoms in total. The summed E-state index contributed by atoms with van der Waals surface area (Å²) in [4.78, 5) is 121. The lowest BCUT2D eigenvalue weighted by Crippen LogP contribution is -2.65. The minimum atomic E-state index is -2.40. The van der Waals surface area contributed by atoms with Crippen LogP contribution >= 0.6 is 23.2 Å². The van der Waals surface area contributed by atoms with E-state index in [4.69, 9.17) is 77.3 Å². The van der Waals surface area contributed by atoms with E-state index in [9.17, 15) is 65.4 Å². The average Bonchev–Trinajstić information content (AvgIpc) is 0.759. The number of carboxylic acid groups (broad SMARTS) is 1. The first kappa shape index (κ1) is 92.6. The minimum Gasteiger partial charge on any atom is -0.508 e. The number of fused-ring (bicyclic) bond motifs is 15. The molecule has 7 aromatic rings. The highest BCUT2D eigenvalue weighted by Gasteiger charge is 2.53. The van der Waals surface area contributed by atoms with Gasteiger partial charge in [0.15, 0.2) is 36.2 Å². The first-order valence-corrected chi connectivity index (χ1v) is 41.2. The van der Waals surface area contributed by atoms with E-state index < -0.39 is 261 Å². The van der Waals surface area contributed by atoms with E-state index in [2.05, 4.69) is 42.5 Å². The lowest BCUT2D eigenvalue weighted by molar-refractivity contribution is -0.334. The molecule has 22 atom stereocenters. The lowest BCUT2D eigenvalue weighted by Gasteiger charge is -2.48. The van der Waals surface area contributed by atoms with Crippen LogP contribution in [0.25, 0.3) is 22.3 Å². The van der Waals surface area contributed by atoms with Crippen molar-refractivity contribution in [1.82, 2.24) is 42.5 Å². The van der Waals surface area contributed by atoms with E-state index in [1.54, 1.807) is 21.0 Å². The standard InChI is InChI=1S/C87H100Cl2N10O27/c1-36(2)23-52(92-7)78(110)98-68-70(105)43-16-21-56(50(88)25-43)121-58-27-45-28-59(74(58)126-85-75(72(107)71(106)60(35-100)123-85)125-63-33-87(6,77(109)38(4)120-63)93-34-39-9-11-40(12-10-39)41-13-18-47(118-8)19-14-41)122-57-22-17-44(26-51(57)89)73(124-62-32-86(5,91)76(108)37(3)119-62)69-83(115)97-67(84(116)117)49-29-46(101)30-55(103)64(49)48-24-42(15-20-54(48)102)65(80(112)99-69)96-81(113)66(45)95-79(111)53(31-61(90)104)94-82(68)114/h9-22,24-30,36-38,52-53,60,62-63,65-73,75-77,85,92-93,100-103,105-109H,23,31-35,91H2,1-8H3,(H2,90,104)(H,94,114)(H,95,111)(H,96,113)(H,97,115)(H,98,110)(H,99,112)(H,116,117)/t37-,38-,52+,53-,60+,62-,63-,65+,66+,67-,68+,69-,70+,71+,72-,73+,75+,76-,77-,85-,86-,87-/m0/s1. The summed E-state index contributed by atoms with van der Waals surface area (Å²) in [6, 6.07) is 14.8. The molecule has 126 heavy (non-hydrogen) atoms. The van der Waals surface area contributed by atoms with Crippen molar-refractivity contribution < 1.29 is 132 Å². The maximum atomic E-state index is 16.6. The molecule has 0 spiro atoms. The molecule has 8 aliphatic rings. The number of aliphatic hydroxyl groups is 6. The highest BCUT2D eigenvalue weighted by molar-refractivity contribution is 6.32. The quantitative estimate of drug-likeness (QED) is 0.0515. The third-order valence-corrected chi connectivity index (χ3v) is 23.8. The summed E-state index contributed by atoms with van der Waals surface area (Å²) in [5, 5.41) is 138. The van der Waals surface area contributed by atoms with Crippen LogP contribution in [0.4, 0.5) is 0 Å². The molecule has 39 heteroatoms. The van der Waals surface area contributed by atoms with Crippen molar-refractivity contribution >= 4 is 70.5 Å². The number of rotatable bonds is 20. The predicted molar refractivity (Wildman–Crippen MR) is 447 cm³/mol. The number of benzene rings is 7. The molecule has 0 aliphatic carbocycles. The summed E-state index contributed by atoms with van der Waals surface area (Å²) >= 11 is 14.7. The van der Waals surface area contributed by atoms with Crippen molar-refractivity contribution in [2.45, 2.75) is 207 Å². The van der Waals surface area contributed by atoms with E-state index in [0.29, 0.717) is 5.75 Å². The number of hydrogen-bond acceptors (Lipinski definition) is 29. The number of carbonyl (C=O) groups excluding carboxylic acids is 7. The topological polar surface area (TPSA) is 570 Å². The van der Waals surface area contributed by atoms with Gasteiger partial charge in [-0.25, -0.2) is 4.79 Å². The molecule has 0 saturated carbocycles. The van der Waals surface area contributed by atoms with Crippen molar-refractivity contribution in [1.29, 1.82) is 0 Å². The van der Waals surface area contributed by atoms with Crippen molar-refractivity contribution in [2.24, 2.45) is 17.4 Å². The Bertz CT molecular complexity index is 5270. The summed E-state index contributed by atoms with van der Waals surface area (Å²) in [6.07, 6.45) is -23.0. The molecule has 0 radical (unpaired) electrons. The van der Waals surface area contributed by atoms with Crippen molar-refractivity contribution in [3.8, 4) is 74.0 Å². The number of nitrogens with two attached hydrogens (primary N) is 2. The summed E-state index contributed by atoms with van der Waals surface area (Å²) in [6.45, 7) is 9.07. The van der Waals surface area contributed by atoms with Crippen LogP contribution in [0.3, 0.4) is 0 Å². The summed E-state index contributed by atoms with van der Waals surface area (Å²) in [5.41, 5.74) is 9.64. The molecule has 3 fully saturated rings. The van der Waals surface area contributed by atoms with Gasteiger partial charge < -0.3 is 148 Å². The van der Waals surface area contributed by atoms with Crippen LogP contribution in [0.5, 0.6) is 51.7 Å². The zero-order valence-corrected chi connectivity index (χ0v) is 70.8. The van der Waals surface area contributed by atoms with Crippen LogP contribution in [0, 0.1) is 5.92 Å². The number of phenols is 3. The van der Waals surface area contributed by atoms with Gasteiger partial charge >= 0.3 is 5.97 Å². The largest absolute Gasteiger partial charge is 0.508 e. The SMILES string of the molecule is CN[C@H](CC(C)C)C(=O)N[C@H]1C(=O)N[C@@H](CC(N)=O)C(=O)N[C@H]2C(=O)N[C@H]3C(=O)N[C@H](C(=O)N[C@H](C(=O)O)c4cc(O)cc(O)c4-c4cc3ccc4O)[C@H](O[C@H]3C[C@](C)(N)[C@@H](O)[C@H](C)O3)c3ccc(c(Cl)c3)Oc3cc2cc(c3O[C@@H]2O[C@H](CO)[C@@H](O)[C@H](O)[C@H]2O[C@H]2C[C@](C)(NCc3ccc(-c4ccc(OC)cc4)cc3)[C@@H](O)[C@H](C)O2)Oc2ccc(cc2Cl)[C@H]1O. The highest BCUT2D eigenvalue weighted by Crippen LogP contribution is 2.51. The van der Waals surface area contributed by atoms with Crippen LogP contribution in [0.1, 0.15) is 131 Å². The Morgan fingerprint density at radius 1 is 0.643 bits per heavy atom.